The average molecular weight is 316 g/mol. The van der Waals surface area contributed by atoms with Crippen molar-refractivity contribution in [2.45, 2.75) is 32.3 Å². The first kappa shape index (κ1) is 14.9. The molecule has 1 aliphatic rings. The molecule has 1 aliphatic heterocycles. The first-order valence-electron chi connectivity index (χ1n) is 7.32. The number of ether oxygens (including phenoxy) is 1. The number of carbonyl (C=O) groups excluding carboxylic acids is 1. The van der Waals surface area contributed by atoms with Gasteiger partial charge in [-0.3, -0.25) is 4.79 Å². The molecule has 0 fully saturated rings. The molecule has 0 radical (unpaired) electrons. The van der Waals surface area contributed by atoms with Crippen molar-refractivity contribution in [2.75, 3.05) is 5.32 Å². The van der Waals surface area contributed by atoms with Crippen LogP contribution in [-0.2, 0) is 6.42 Å². The zero-order valence-electron chi connectivity index (χ0n) is 12.7. The molecule has 0 saturated heterocycles. The highest BCUT2D eigenvalue weighted by Crippen LogP contribution is 2.34. The molecule has 22 heavy (non-hydrogen) atoms. The highest BCUT2D eigenvalue weighted by molar-refractivity contribution is 6.34. The third-order valence-electron chi connectivity index (χ3n) is 3.82. The van der Waals surface area contributed by atoms with Crippen molar-refractivity contribution in [3.8, 4) is 5.75 Å². The largest absolute Gasteiger partial charge is 0.488 e. The minimum absolute atomic E-state index is 0.130. The minimum atomic E-state index is -0.206. The van der Waals surface area contributed by atoms with Crippen LogP contribution in [-0.4, -0.2) is 11.5 Å². The summed E-state index contributed by atoms with van der Waals surface area (Å²) in [5, 5.41) is 3.34. The van der Waals surface area contributed by atoms with Crippen molar-refractivity contribution in [3.63, 3.8) is 0 Å². The monoisotopic (exact) mass is 315 g/mol. The number of fused-ring (bicyclic) bond motifs is 1. The van der Waals surface area contributed by atoms with Gasteiger partial charge in [0, 0.05) is 5.69 Å². The van der Waals surface area contributed by atoms with E-state index in [4.69, 9.17) is 16.3 Å². The molecular weight excluding hydrogens is 298 g/mol. The maximum atomic E-state index is 12.3. The molecule has 3 rings (SSSR count). The summed E-state index contributed by atoms with van der Waals surface area (Å²) in [5.74, 6) is 0.689. The lowest BCUT2D eigenvalue weighted by Gasteiger charge is -2.32. The number of anilines is 1. The standard InChI is InChI=1S/C18H18ClNO2/c1-18(2)10-9-12-11-13(7-8-16(12)22-18)20-17(21)14-5-3-4-6-15(14)19/h3-8,11H,9-10H2,1-2H3,(H,20,21). The van der Waals surface area contributed by atoms with Gasteiger partial charge < -0.3 is 10.1 Å². The Hall–Kier alpha value is -2.00. The Morgan fingerprint density at radius 3 is 2.77 bits per heavy atom. The van der Waals surface area contributed by atoms with E-state index in [0.717, 1.165) is 29.8 Å². The van der Waals surface area contributed by atoms with Gasteiger partial charge in [0.1, 0.15) is 11.4 Å². The summed E-state index contributed by atoms with van der Waals surface area (Å²) < 4.78 is 5.95. The van der Waals surface area contributed by atoms with E-state index in [9.17, 15) is 4.79 Å². The van der Waals surface area contributed by atoms with Gasteiger partial charge in [0.05, 0.1) is 10.6 Å². The van der Waals surface area contributed by atoms with Crippen molar-refractivity contribution < 1.29 is 9.53 Å². The maximum absolute atomic E-state index is 12.3. The van der Waals surface area contributed by atoms with E-state index < -0.39 is 0 Å². The third kappa shape index (κ3) is 3.09. The van der Waals surface area contributed by atoms with Crippen LogP contribution in [0.5, 0.6) is 5.75 Å². The zero-order chi connectivity index (χ0) is 15.7. The molecule has 0 bridgehead atoms. The van der Waals surface area contributed by atoms with Crippen molar-refractivity contribution in [3.05, 3.63) is 58.6 Å². The molecule has 1 N–H and O–H groups in total. The van der Waals surface area contributed by atoms with Gasteiger partial charge in [-0.2, -0.15) is 0 Å². The SMILES string of the molecule is CC1(C)CCc2cc(NC(=O)c3ccccc3Cl)ccc2O1. The van der Waals surface area contributed by atoms with Crippen LogP contribution in [0.15, 0.2) is 42.5 Å². The number of hydrogen-bond acceptors (Lipinski definition) is 2. The third-order valence-corrected chi connectivity index (χ3v) is 4.15. The van der Waals surface area contributed by atoms with E-state index >= 15 is 0 Å². The fraction of sp³-hybridized carbons (Fsp3) is 0.278. The average Bonchev–Trinajstić information content (AvgIpc) is 2.47. The van der Waals surface area contributed by atoms with E-state index in [1.807, 2.05) is 18.2 Å². The van der Waals surface area contributed by atoms with Crippen LogP contribution in [0.25, 0.3) is 0 Å². The van der Waals surface area contributed by atoms with Gasteiger partial charge in [-0.05, 0) is 62.6 Å². The number of amides is 1. The minimum Gasteiger partial charge on any atom is -0.488 e. The van der Waals surface area contributed by atoms with Gasteiger partial charge in [-0.25, -0.2) is 0 Å². The molecule has 3 nitrogen and oxygen atoms in total. The Kier molecular flexibility index (Phi) is 3.83. The van der Waals surface area contributed by atoms with E-state index in [2.05, 4.69) is 19.2 Å². The molecule has 1 heterocycles. The van der Waals surface area contributed by atoms with Gasteiger partial charge >= 0.3 is 0 Å². The van der Waals surface area contributed by atoms with Crippen LogP contribution in [0.1, 0.15) is 36.2 Å². The molecule has 2 aromatic rings. The molecule has 0 atom stereocenters. The molecular formula is C18H18ClNO2. The van der Waals surface area contributed by atoms with E-state index in [1.165, 1.54) is 0 Å². The number of benzene rings is 2. The molecule has 0 unspecified atom stereocenters. The smallest absolute Gasteiger partial charge is 0.257 e. The lowest BCUT2D eigenvalue weighted by Crippen LogP contribution is -2.32. The van der Waals surface area contributed by atoms with Crippen molar-refractivity contribution in [2.24, 2.45) is 0 Å². The van der Waals surface area contributed by atoms with Gasteiger partial charge in [-0.15, -0.1) is 0 Å². The van der Waals surface area contributed by atoms with Crippen molar-refractivity contribution in [1.82, 2.24) is 0 Å². The fourth-order valence-corrected chi connectivity index (χ4v) is 2.80. The normalized spacial score (nSPS) is 15.6. The second-order valence-electron chi connectivity index (χ2n) is 6.12. The lowest BCUT2D eigenvalue weighted by atomic mass is 9.94. The number of rotatable bonds is 2. The zero-order valence-corrected chi connectivity index (χ0v) is 13.4. The summed E-state index contributed by atoms with van der Waals surface area (Å²) >= 11 is 6.05. The van der Waals surface area contributed by atoms with Crippen molar-refractivity contribution in [1.29, 1.82) is 0 Å². The maximum Gasteiger partial charge on any atom is 0.257 e. The Bertz CT molecular complexity index is 725. The molecule has 1 amide bonds. The Morgan fingerprint density at radius 1 is 1.23 bits per heavy atom. The second-order valence-corrected chi connectivity index (χ2v) is 6.53. The van der Waals surface area contributed by atoms with Crippen LogP contribution in [0.2, 0.25) is 5.02 Å². The number of carbonyl (C=O) groups is 1. The van der Waals surface area contributed by atoms with E-state index in [-0.39, 0.29) is 11.5 Å². The predicted octanol–water partition coefficient (Wildman–Crippen LogP) is 4.70. The number of nitrogens with one attached hydrogen (secondary N) is 1. The van der Waals surface area contributed by atoms with Gasteiger partial charge in [0.15, 0.2) is 0 Å². The first-order chi connectivity index (χ1) is 10.4. The highest BCUT2D eigenvalue weighted by atomic mass is 35.5. The molecule has 0 spiro atoms. The molecule has 0 aliphatic carbocycles. The summed E-state index contributed by atoms with van der Waals surface area (Å²) in [6.45, 7) is 4.17. The molecule has 0 aromatic heterocycles. The topological polar surface area (TPSA) is 38.3 Å². The summed E-state index contributed by atoms with van der Waals surface area (Å²) in [6, 6.07) is 12.8. The Labute approximate surface area is 135 Å². The predicted molar refractivity (Wildman–Crippen MR) is 88.9 cm³/mol. The second kappa shape index (κ2) is 5.65. The van der Waals surface area contributed by atoms with Crippen molar-refractivity contribution >= 4 is 23.2 Å². The summed E-state index contributed by atoms with van der Waals surface area (Å²) in [6.07, 6.45) is 1.90. The van der Waals surface area contributed by atoms with Crippen LogP contribution in [0, 0.1) is 0 Å². The van der Waals surface area contributed by atoms with Gasteiger partial charge in [0.25, 0.3) is 5.91 Å². The summed E-state index contributed by atoms with van der Waals surface area (Å²) in [7, 11) is 0. The van der Waals surface area contributed by atoms with E-state index in [1.54, 1.807) is 24.3 Å². The first-order valence-corrected chi connectivity index (χ1v) is 7.70. The lowest BCUT2D eigenvalue weighted by molar-refractivity contribution is 0.0847. The number of aryl methyl sites for hydroxylation is 1. The molecule has 4 heteroatoms. The molecule has 0 saturated carbocycles. The summed E-state index contributed by atoms with van der Waals surface area (Å²) in [5.41, 5.74) is 2.22. The highest BCUT2D eigenvalue weighted by Gasteiger charge is 2.26. The Morgan fingerprint density at radius 2 is 2.00 bits per heavy atom. The summed E-state index contributed by atoms with van der Waals surface area (Å²) in [4.78, 5) is 12.3. The van der Waals surface area contributed by atoms with Gasteiger partial charge in [-0.1, -0.05) is 23.7 Å². The molecule has 2 aromatic carbocycles. The molecule has 114 valence electrons. The van der Waals surface area contributed by atoms with Crippen LogP contribution in [0.3, 0.4) is 0 Å². The van der Waals surface area contributed by atoms with Crippen LogP contribution >= 0.6 is 11.6 Å². The van der Waals surface area contributed by atoms with E-state index in [0.29, 0.717) is 10.6 Å². The number of hydrogen-bond donors (Lipinski definition) is 1. The van der Waals surface area contributed by atoms with Crippen LogP contribution < -0.4 is 10.1 Å². The Balaban J connectivity index is 1.80. The number of halogens is 1. The fourth-order valence-electron chi connectivity index (χ4n) is 2.58. The van der Waals surface area contributed by atoms with Crippen LogP contribution in [0.4, 0.5) is 5.69 Å². The van der Waals surface area contributed by atoms with Gasteiger partial charge in [0.2, 0.25) is 0 Å². The quantitative estimate of drug-likeness (QED) is 0.872.